The summed E-state index contributed by atoms with van der Waals surface area (Å²) in [5.74, 6) is 0.360. The minimum atomic E-state index is -0.370. The van der Waals surface area contributed by atoms with Crippen molar-refractivity contribution in [1.82, 2.24) is 5.43 Å². The van der Waals surface area contributed by atoms with Crippen LogP contribution >= 0.6 is 0 Å². The molecule has 1 N–H and O–H groups in total. The molecule has 0 aliphatic rings. The van der Waals surface area contributed by atoms with Crippen molar-refractivity contribution >= 4 is 33.9 Å². The van der Waals surface area contributed by atoms with Crippen molar-refractivity contribution in [2.75, 3.05) is 0 Å². The van der Waals surface area contributed by atoms with Gasteiger partial charge in [0.05, 0.1) is 6.21 Å². The lowest BCUT2D eigenvalue weighted by atomic mass is 10.0. The van der Waals surface area contributed by atoms with Crippen LogP contribution in [0.1, 0.15) is 41.4 Å². The van der Waals surface area contributed by atoms with Crippen LogP contribution in [0, 0.1) is 0 Å². The standard InChI is InChI=1S/C23H20N2O2/c1-15(2)17-9-7-16(8-10-17)14-24-25-23(26)22-13-20-19-6-4-3-5-18(19)11-12-21(20)27-22/h3-15H,1-2H3,(H,25,26). The van der Waals surface area contributed by atoms with Crippen LogP contribution in [0.5, 0.6) is 0 Å². The molecule has 4 nitrogen and oxygen atoms in total. The Morgan fingerprint density at radius 3 is 2.56 bits per heavy atom. The molecule has 4 rings (SSSR count). The molecule has 3 aromatic carbocycles. The molecule has 27 heavy (non-hydrogen) atoms. The summed E-state index contributed by atoms with van der Waals surface area (Å²) in [5, 5.41) is 7.14. The summed E-state index contributed by atoms with van der Waals surface area (Å²) < 4.78 is 5.70. The highest BCUT2D eigenvalue weighted by Crippen LogP contribution is 2.28. The van der Waals surface area contributed by atoms with Crippen LogP contribution in [0.3, 0.4) is 0 Å². The lowest BCUT2D eigenvalue weighted by Gasteiger charge is -2.04. The van der Waals surface area contributed by atoms with Gasteiger partial charge in [-0.3, -0.25) is 4.79 Å². The Morgan fingerprint density at radius 1 is 1.00 bits per heavy atom. The second kappa shape index (κ2) is 7.08. The number of furan rings is 1. The van der Waals surface area contributed by atoms with Crippen molar-refractivity contribution in [2.24, 2.45) is 5.10 Å². The maximum Gasteiger partial charge on any atom is 0.307 e. The largest absolute Gasteiger partial charge is 0.451 e. The SMILES string of the molecule is CC(C)c1ccc(C=NNC(=O)c2cc3c(ccc4ccccc43)o2)cc1. The predicted molar refractivity (Wildman–Crippen MR) is 109 cm³/mol. The molecule has 4 heteroatoms. The summed E-state index contributed by atoms with van der Waals surface area (Å²) in [5.41, 5.74) is 5.41. The van der Waals surface area contributed by atoms with E-state index < -0.39 is 0 Å². The van der Waals surface area contributed by atoms with Gasteiger partial charge >= 0.3 is 5.91 Å². The monoisotopic (exact) mass is 356 g/mol. The molecule has 134 valence electrons. The Balaban J connectivity index is 1.52. The van der Waals surface area contributed by atoms with E-state index in [4.69, 9.17) is 4.42 Å². The van der Waals surface area contributed by atoms with Crippen molar-refractivity contribution in [3.8, 4) is 0 Å². The van der Waals surface area contributed by atoms with Gasteiger partial charge in [0.25, 0.3) is 0 Å². The van der Waals surface area contributed by atoms with Gasteiger partial charge in [-0.05, 0) is 39.9 Å². The first-order valence-corrected chi connectivity index (χ1v) is 8.96. The van der Waals surface area contributed by atoms with E-state index in [-0.39, 0.29) is 11.7 Å². The van der Waals surface area contributed by atoms with Gasteiger partial charge < -0.3 is 4.42 Å². The zero-order valence-corrected chi connectivity index (χ0v) is 15.3. The summed E-state index contributed by atoms with van der Waals surface area (Å²) >= 11 is 0. The normalized spacial score (nSPS) is 11.7. The first kappa shape index (κ1) is 17.0. The van der Waals surface area contributed by atoms with Gasteiger partial charge in [-0.1, -0.05) is 68.4 Å². The van der Waals surface area contributed by atoms with E-state index in [1.807, 2.05) is 48.5 Å². The maximum atomic E-state index is 12.4. The van der Waals surface area contributed by atoms with Crippen molar-refractivity contribution in [2.45, 2.75) is 19.8 Å². The van der Waals surface area contributed by atoms with E-state index in [1.165, 1.54) is 5.56 Å². The number of carbonyl (C=O) groups excluding carboxylic acids is 1. The number of nitrogens with one attached hydrogen (secondary N) is 1. The maximum absolute atomic E-state index is 12.4. The fourth-order valence-corrected chi connectivity index (χ4v) is 3.09. The third-order valence-corrected chi connectivity index (χ3v) is 4.63. The van der Waals surface area contributed by atoms with E-state index in [1.54, 1.807) is 12.3 Å². The minimum Gasteiger partial charge on any atom is -0.451 e. The fourth-order valence-electron chi connectivity index (χ4n) is 3.09. The third-order valence-electron chi connectivity index (χ3n) is 4.63. The van der Waals surface area contributed by atoms with E-state index >= 15 is 0 Å². The van der Waals surface area contributed by atoms with Crippen LogP contribution < -0.4 is 5.43 Å². The Morgan fingerprint density at radius 2 is 1.78 bits per heavy atom. The van der Waals surface area contributed by atoms with Crippen LogP contribution in [0.15, 0.2) is 76.2 Å². The van der Waals surface area contributed by atoms with Gasteiger partial charge in [0.15, 0.2) is 5.76 Å². The van der Waals surface area contributed by atoms with E-state index in [2.05, 4.69) is 36.5 Å². The molecule has 0 bridgehead atoms. The lowest BCUT2D eigenvalue weighted by molar-refractivity contribution is 0.0929. The van der Waals surface area contributed by atoms with Gasteiger partial charge in [0.2, 0.25) is 0 Å². The third kappa shape index (κ3) is 3.47. The van der Waals surface area contributed by atoms with Gasteiger partial charge in [0, 0.05) is 5.39 Å². The van der Waals surface area contributed by atoms with Crippen molar-refractivity contribution in [3.63, 3.8) is 0 Å². The van der Waals surface area contributed by atoms with Gasteiger partial charge in [-0.25, -0.2) is 5.43 Å². The summed E-state index contributed by atoms with van der Waals surface area (Å²) in [6.45, 7) is 4.31. The molecule has 0 aliphatic carbocycles. The van der Waals surface area contributed by atoms with Crippen LogP contribution in [0.4, 0.5) is 0 Å². The van der Waals surface area contributed by atoms with Crippen LogP contribution in [0.25, 0.3) is 21.7 Å². The summed E-state index contributed by atoms with van der Waals surface area (Å²) in [7, 11) is 0. The molecular formula is C23H20N2O2. The van der Waals surface area contributed by atoms with Crippen LogP contribution in [0.2, 0.25) is 0 Å². The number of hydrogen-bond donors (Lipinski definition) is 1. The smallest absolute Gasteiger partial charge is 0.307 e. The fraction of sp³-hybridized carbons (Fsp3) is 0.130. The summed E-state index contributed by atoms with van der Waals surface area (Å²) in [6.07, 6.45) is 1.63. The summed E-state index contributed by atoms with van der Waals surface area (Å²) in [4.78, 5) is 12.4. The molecule has 1 aromatic heterocycles. The summed E-state index contributed by atoms with van der Waals surface area (Å²) in [6, 6.07) is 21.8. The number of fused-ring (bicyclic) bond motifs is 3. The van der Waals surface area contributed by atoms with E-state index in [0.717, 1.165) is 21.7 Å². The molecule has 0 spiro atoms. The van der Waals surface area contributed by atoms with Crippen LogP contribution in [-0.4, -0.2) is 12.1 Å². The highest BCUT2D eigenvalue weighted by Gasteiger charge is 2.13. The molecule has 0 saturated heterocycles. The highest BCUT2D eigenvalue weighted by molar-refractivity contribution is 6.08. The topological polar surface area (TPSA) is 54.6 Å². The zero-order valence-electron chi connectivity index (χ0n) is 15.3. The molecule has 0 atom stereocenters. The number of hydrazone groups is 1. The van der Waals surface area contributed by atoms with Crippen molar-refractivity contribution in [3.05, 3.63) is 83.6 Å². The number of hydrogen-bond acceptors (Lipinski definition) is 3. The molecule has 0 radical (unpaired) electrons. The predicted octanol–water partition coefficient (Wildman–Crippen LogP) is 5.47. The molecule has 4 aromatic rings. The molecule has 1 amide bonds. The molecular weight excluding hydrogens is 336 g/mol. The van der Waals surface area contributed by atoms with E-state index in [9.17, 15) is 4.79 Å². The average Bonchev–Trinajstić information content (AvgIpc) is 3.13. The Labute approximate surface area is 157 Å². The quantitative estimate of drug-likeness (QED) is 0.389. The van der Waals surface area contributed by atoms with Gasteiger partial charge in [0.1, 0.15) is 5.58 Å². The highest BCUT2D eigenvalue weighted by atomic mass is 16.3. The second-order valence-electron chi connectivity index (χ2n) is 6.83. The Hall–Kier alpha value is -3.40. The lowest BCUT2D eigenvalue weighted by Crippen LogP contribution is -2.16. The minimum absolute atomic E-state index is 0.244. The number of carbonyl (C=O) groups is 1. The molecule has 1 heterocycles. The first-order chi connectivity index (χ1) is 13.1. The average molecular weight is 356 g/mol. The first-order valence-electron chi connectivity index (χ1n) is 8.96. The van der Waals surface area contributed by atoms with Crippen molar-refractivity contribution in [1.29, 1.82) is 0 Å². The van der Waals surface area contributed by atoms with E-state index in [0.29, 0.717) is 11.5 Å². The second-order valence-corrected chi connectivity index (χ2v) is 6.83. The Bertz CT molecular complexity index is 1140. The number of amides is 1. The van der Waals surface area contributed by atoms with Gasteiger partial charge in [-0.15, -0.1) is 0 Å². The van der Waals surface area contributed by atoms with Gasteiger partial charge in [-0.2, -0.15) is 5.10 Å². The molecule has 0 saturated carbocycles. The molecule has 0 aliphatic heterocycles. The zero-order chi connectivity index (χ0) is 18.8. The Kier molecular flexibility index (Phi) is 4.47. The molecule has 0 unspecified atom stereocenters. The number of nitrogens with zero attached hydrogens (tertiary/aromatic N) is 1. The van der Waals surface area contributed by atoms with Crippen molar-refractivity contribution < 1.29 is 9.21 Å². The number of benzene rings is 3. The van der Waals surface area contributed by atoms with Crippen LogP contribution in [-0.2, 0) is 0 Å². The number of rotatable bonds is 4. The molecule has 0 fully saturated rings.